The van der Waals surface area contributed by atoms with Crippen molar-refractivity contribution in [1.82, 2.24) is 9.80 Å². The summed E-state index contributed by atoms with van der Waals surface area (Å²) in [5.41, 5.74) is 1.34. The van der Waals surface area contributed by atoms with Crippen LogP contribution in [0.4, 0.5) is 9.18 Å². The second-order valence-corrected chi connectivity index (χ2v) is 13.3. The number of rotatable bonds is 5. The van der Waals surface area contributed by atoms with Crippen molar-refractivity contribution >= 4 is 23.8 Å². The van der Waals surface area contributed by atoms with Crippen molar-refractivity contribution < 1.29 is 33.0 Å². The predicted octanol–water partition coefficient (Wildman–Crippen LogP) is 6.16. The van der Waals surface area contributed by atoms with Gasteiger partial charge in [0.15, 0.2) is 5.78 Å². The molecule has 5 atom stereocenters. The zero-order chi connectivity index (χ0) is 32.3. The number of hydrogen-bond acceptors (Lipinski definition) is 6. The molecule has 0 aromatic heterocycles. The van der Waals surface area contributed by atoms with Crippen LogP contribution in [0.15, 0.2) is 60.7 Å². The first-order chi connectivity index (χ1) is 22.3. The number of esters is 1. The van der Waals surface area contributed by atoms with Gasteiger partial charge in [-0.2, -0.15) is 0 Å². The van der Waals surface area contributed by atoms with Crippen LogP contribution in [-0.4, -0.2) is 58.9 Å². The lowest BCUT2D eigenvalue weighted by Gasteiger charge is -2.29. The lowest BCUT2D eigenvalue weighted by Crippen LogP contribution is -2.45. The number of carbonyl (C=O) groups excluding carboxylic acids is 4. The van der Waals surface area contributed by atoms with E-state index < -0.39 is 23.7 Å². The molecule has 1 saturated carbocycles. The average molecular weight is 631 g/mol. The number of hydrogen-bond donors (Lipinski definition) is 0. The minimum atomic E-state index is -0.928. The number of fused-ring (bicyclic) bond motifs is 3. The number of halogens is 1. The maximum absolute atomic E-state index is 14.4. The molecule has 3 heterocycles. The summed E-state index contributed by atoms with van der Waals surface area (Å²) in [6, 6.07) is 13.9. The SMILES string of the molecule is CCOC(=O)[C@]12CC(=O)[C@@H]3C[C@@H](OC(=O)N4Cc5cccc(F)c5C4)CN3C(=O)[C@@H](Cc3ccccc3)CCCCC/C=C\[C@@H]1C2. The summed E-state index contributed by atoms with van der Waals surface area (Å²) >= 11 is 0. The fourth-order valence-corrected chi connectivity index (χ4v) is 7.49. The molecule has 2 fully saturated rings. The van der Waals surface area contributed by atoms with Crippen molar-refractivity contribution in [3.05, 3.63) is 83.2 Å². The molecule has 6 rings (SSSR count). The second-order valence-electron chi connectivity index (χ2n) is 13.3. The number of allylic oxidation sites excluding steroid dienone is 2. The third-order valence-electron chi connectivity index (χ3n) is 10.1. The fraction of sp³-hybridized carbons (Fsp3) is 0.514. The maximum Gasteiger partial charge on any atom is 0.410 e. The summed E-state index contributed by atoms with van der Waals surface area (Å²) in [5, 5.41) is 0. The van der Waals surface area contributed by atoms with E-state index >= 15 is 0 Å². The Balaban J connectivity index is 1.25. The molecule has 8 nitrogen and oxygen atoms in total. The van der Waals surface area contributed by atoms with Gasteiger partial charge in [-0.25, -0.2) is 9.18 Å². The van der Waals surface area contributed by atoms with E-state index in [9.17, 15) is 23.6 Å². The lowest BCUT2D eigenvalue weighted by molar-refractivity contribution is -0.152. The molecule has 46 heavy (non-hydrogen) atoms. The monoisotopic (exact) mass is 630 g/mol. The summed E-state index contributed by atoms with van der Waals surface area (Å²) < 4.78 is 25.7. The molecule has 1 saturated heterocycles. The Hall–Kier alpha value is -4.01. The summed E-state index contributed by atoms with van der Waals surface area (Å²) in [6.45, 7) is 2.42. The van der Waals surface area contributed by atoms with E-state index in [2.05, 4.69) is 12.2 Å². The van der Waals surface area contributed by atoms with Gasteiger partial charge >= 0.3 is 12.1 Å². The van der Waals surface area contributed by atoms with E-state index in [0.29, 0.717) is 24.8 Å². The van der Waals surface area contributed by atoms with Gasteiger partial charge in [-0.15, -0.1) is 0 Å². The molecule has 2 amide bonds. The highest BCUT2D eigenvalue weighted by atomic mass is 19.1. The minimum absolute atomic E-state index is 0.0278. The molecule has 0 bridgehead atoms. The van der Waals surface area contributed by atoms with Gasteiger partial charge in [0.1, 0.15) is 11.9 Å². The maximum atomic E-state index is 14.4. The minimum Gasteiger partial charge on any atom is -0.466 e. The van der Waals surface area contributed by atoms with Crippen molar-refractivity contribution in [3.63, 3.8) is 0 Å². The number of benzene rings is 2. The number of nitrogens with zero attached hydrogens (tertiary/aromatic N) is 2. The van der Waals surface area contributed by atoms with E-state index in [0.717, 1.165) is 36.8 Å². The van der Waals surface area contributed by atoms with Crippen LogP contribution in [-0.2, 0) is 43.4 Å². The van der Waals surface area contributed by atoms with Crippen molar-refractivity contribution in [3.8, 4) is 0 Å². The molecule has 3 aliphatic heterocycles. The summed E-state index contributed by atoms with van der Waals surface area (Å²) in [5.74, 6) is -1.48. The molecule has 0 unspecified atom stereocenters. The zero-order valence-corrected chi connectivity index (χ0v) is 26.5. The summed E-state index contributed by atoms with van der Waals surface area (Å²) in [7, 11) is 0. The van der Waals surface area contributed by atoms with Gasteiger partial charge in [-0.05, 0) is 62.1 Å². The van der Waals surface area contributed by atoms with Gasteiger partial charge in [-0.3, -0.25) is 19.3 Å². The van der Waals surface area contributed by atoms with E-state index in [1.165, 1.54) is 11.0 Å². The number of Topliss-reactive ketones (excluding diaryl/α,β-unsaturated/α-hetero) is 1. The van der Waals surface area contributed by atoms with Gasteiger partial charge < -0.3 is 14.4 Å². The highest BCUT2D eigenvalue weighted by Crippen LogP contribution is 2.57. The zero-order valence-electron chi connectivity index (χ0n) is 26.5. The van der Waals surface area contributed by atoms with Crippen molar-refractivity contribution in [2.45, 2.75) is 89.9 Å². The first-order valence-corrected chi connectivity index (χ1v) is 16.7. The highest BCUT2D eigenvalue weighted by molar-refractivity contribution is 5.95. The molecule has 1 aliphatic carbocycles. The normalized spacial score (nSPS) is 28.7. The van der Waals surface area contributed by atoms with Gasteiger partial charge in [0.25, 0.3) is 0 Å². The van der Waals surface area contributed by atoms with E-state index in [-0.39, 0.29) is 74.4 Å². The lowest BCUT2D eigenvalue weighted by atomic mass is 9.90. The first kappa shape index (κ1) is 32.0. The first-order valence-electron chi connectivity index (χ1n) is 16.7. The van der Waals surface area contributed by atoms with Crippen LogP contribution in [0.1, 0.15) is 75.0 Å². The quantitative estimate of drug-likeness (QED) is 0.291. The summed E-state index contributed by atoms with van der Waals surface area (Å²) in [4.78, 5) is 58.1. The molecule has 2 aromatic rings. The second kappa shape index (κ2) is 13.8. The smallest absolute Gasteiger partial charge is 0.410 e. The average Bonchev–Trinajstić information content (AvgIpc) is 3.35. The van der Waals surface area contributed by atoms with E-state index in [1.807, 2.05) is 30.3 Å². The topological polar surface area (TPSA) is 93.2 Å². The third kappa shape index (κ3) is 6.74. The van der Waals surface area contributed by atoms with Gasteiger partial charge in [0, 0.05) is 30.9 Å². The molecule has 4 aliphatic rings. The van der Waals surface area contributed by atoms with Crippen LogP contribution in [0.5, 0.6) is 0 Å². The molecular weight excluding hydrogens is 587 g/mol. The largest absolute Gasteiger partial charge is 0.466 e. The Morgan fingerprint density at radius 2 is 1.85 bits per heavy atom. The van der Waals surface area contributed by atoms with Crippen molar-refractivity contribution in [1.29, 1.82) is 0 Å². The molecule has 0 spiro atoms. The highest BCUT2D eigenvalue weighted by Gasteiger charge is 2.61. The van der Waals surface area contributed by atoms with Crippen LogP contribution in [0, 0.1) is 23.1 Å². The molecule has 244 valence electrons. The third-order valence-corrected chi connectivity index (χ3v) is 10.1. The number of ketones is 1. The Morgan fingerprint density at radius 3 is 2.63 bits per heavy atom. The van der Waals surface area contributed by atoms with Crippen molar-refractivity contribution in [2.24, 2.45) is 17.3 Å². The molecule has 9 heteroatoms. The van der Waals surface area contributed by atoms with Crippen LogP contribution in [0.25, 0.3) is 0 Å². The van der Waals surface area contributed by atoms with Crippen molar-refractivity contribution in [2.75, 3.05) is 13.2 Å². The molecule has 0 N–H and O–H groups in total. The van der Waals surface area contributed by atoms with Gasteiger partial charge in [-0.1, -0.05) is 67.5 Å². The van der Waals surface area contributed by atoms with Gasteiger partial charge in [0.05, 0.1) is 31.2 Å². The van der Waals surface area contributed by atoms with Crippen LogP contribution in [0.2, 0.25) is 0 Å². The number of ether oxygens (including phenoxy) is 2. The van der Waals surface area contributed by atoms with Crippen LogP contribution >= 0.6 is 0 Å². The number of amides is 2. The van der Waals surface area contributed by atoms with E-state index in [4.69, 9.17) is 9.47 Å². The Bertz CT molecular complexity index is 1490. The molecule has 2 aromatic carbocycles. The van der Waals surface area contributed by atoms with Gasteiger partial charge in [0.2, 0.25) is 5.91 Å². The number of carbonyl (C=O) groups is 4. The Labute approximate surface area is 269 Å². The predicted molar refractivity (Wildman–Crippen MR) is 169 cm³/mol. The molecular formula is C37H43FN2O6. The van der Waals surface area contributed by atoms with E-state index in [1.54, 1.807) is 24.0 Å². The van der Waals surface area contributed by atoms with Crippen LogP contribution in [0.3, 0.4) is 0 Å². The Kier molecular flexibility index (Phi) is 9.57. The standard InChI is InChI=1S/C37H43FN2O6/c1-2-45-35(43)37-20-28(37)16-10-5-3-4-9-14-26(18-25-12-7-6-8-13-25)34(42)40-23-29(19-32(40)33(41)21-37)46-36(44)39-22-27-15-11-17-31(38)30(27)24-39/h6-8,10-13,15-17,26,28-29,32H,2-5,9,14,18-24H2,1H3/b16-10-/t26-,28-,29-,32+,37-/m1/s1. The van der Waals surface area contributed by atoms with Crippen LogP contribution < -0.4 is 0 Å². The Morgan fingerprint density at radius 1 is 1.02 bits per heavy atom. The fourth-order valence-electron chi connectivity index (χ4n) is 7.49. The molecule has 0 radical (unpaired) electrons. The summed E-state index contributed by atoms with van der Waals surface area (Å²) in [6.07, 6.45) is 8.49.